The Kier molecular flexibility index (Phi) is 9.19. The molecule has 5 aromatic rings. The maximum Gasteiger partial charge on any atom is 0.356 e. The van der Waals surface area contributed by atoms with Gasteiger partial charge < -0.3 is 30.0 Å². The van der Waals surface area contributed by atoms with Crippen molar-refractivity contribution in [3.63, 3.8) is 0 Å². The van der Waals surface area contributed by atoms with Gasteiger partial charge in [-0.15, -0.1) is 11.3 Å². The highest BCUT2D eigenvalue weighted by Gasteiger charge is 2.27. The van der Waals surface area contributed by atoms with Crippen LogP contribution in [0.15, 0.2) is 58.9 Å². The number of nitrogen functional groups attached to an aromatic ring is 1. The number of rotatable bonds is 10. The Labute approximate surface area is 260 Å². The fourth-order valence-electron chi connectivity index (χ4n) is 4.50. The summed E-state index contributed by atoms with van der Waals surface area (Å²) in [6.45, 7) is -0.498. The molecule has 2 aromatic carbocycles. The third kappa shape index (κ3) is 6.17. The minimum atomic E-state index is -1.01. The van der Waals surface area contributed by atoms with Crippen LogP contribution in [0, 0.1) is 11.3 Å². The number of hydrogen-bond acceptors (Lipinski definition) is 11. The van der Waals surface area contributed by atoms with Crippen molar-refractivity contribution < 1.29 is 24.5 Å². The van der Waals surface area contributed by atoms with Gasteiger partial charge in [0.2, 0.25) is 0 Å². The first-order valence-corrected chi connectivity index (χ1v) is 15.2. The van der Waals surface area contributed by atoms with E-state index in [1.54, 1.807) is 35.9 Å². The lowest BCUT2D eigenvalue weighted by Gasteiger charge is -2.13. The second-order valence-corrected chi connectivity index (χ2v) is 11.7. The molecule has 0 unspecified atom stereocenters. The lowest BCUT2D eigenvalue weighted by atomic mass is 9.98. The molecule has 0 aliphatic heterocycles. The molecule has 4 N–H and O–H groups in total. The molecule has 5 rings (SSSR count). The Morgan fingerprint density at radius 3 is 2.53 bits per heavy atom. The second kappa shape index (κ2) is 13.0. The summed E-state index contributed by atoms with van der Waals surface area (Å²) >= 11 is 8.89. The molecule has 220 valence electrons. The highest BCUT2D eigenvalue weighted by Crippen LogP contribution is 2.42. The first-order valence-electron chi connectivity index (χ1n) is 12.9. The van der Waals surface area contributed by atoms with E-state index in [4.69, 9.17) is 41.9 Å². The highest BCUT2D eigenvalue weighted by atomic mass is 35.5. The number of methoxy groups -OCH3 is 1. The monoisotopic (exact) mass is 635 g/mol. The number of nitrogens with zero attached hydrogens (tertiary/aromatic N) is 4. The van der Waals surface area contributed by atoms with Crippen molar-refractivity contribution in [3.8, 4) is 33.5 Å². The largest absolute Gasteiger partial charge is 0.491 e. The number of hydrogen-bond donors (Lipinski definition) is 3. The van der Waals surface area contributed by atoms with Gasteiger partial charge in [0.1, 0.15) is 40.2 Å². The summed E-state index contributed by atoms with van der Waals surface area (Å²) in [5, 5.41) is 33.4. The first-order chi connectivity index (χ1) is 20.7. The number of aliphatic hydroxyl groups excluding tert-OH is 2. The van der Waals surface area contributed by atoms with Crippen LogP contribution in [0.2, 0.25) is 5.02 Å². The fraction of sp³-hybridized carbons (Fsp3) is 0.200. The number of nitrogens with two attached hydrogens (primary N) is 1. The number of fused-ring (bicyclic) bond motifs is 1. The Morgan fingerprint density at radius 1 is 1.19 bits per heavy atom. The predicted molar refractivity (Wildman–Crippen MR) is 167 cm³/mol. The van der Waals surface area contributed by atoms with Crippen LogP contribution in [0.5, 0.6) is 5.75 Å². The summed E-state index contributed by atoms with van der Waals surface area (Å²) in [6.07, 6.45) is -1.01. The van der Waals surface area contributed by atoms with Crippen LogP contribution in [0.3, 0.4) is 0 Å². The highest BCUT2D eigenvalue weighted by molar-refractivity contribution is 7.98. The number of aryl methyl sites for hydroxylation is 1. The molecule has 0 saturated heterocycles. The Hall–Kier alpha value is -4.12. The molecule has 0 aliphatic rings. The summed E-state index contributed by atoms with van der Waals surface area (Å²) in [5.74, 6) is 0.284. The van der Waals surface area contributed by atoms with Gasteiger partial charge in [-0.1, -0.05) is 47.6 Å². The van der Waals surface area contributed by atoms with E-state index in [9.17, 15) is 15.2 Å². The third-order valence-corrected chi connectivity index (χ3v) is 8.81. The molecule has 0 aliphatic carbocycles. The van der Waals surface area contributed by atoms with Crippen molar-refractivity contribution in [2.45, 2.75) is 16.9 Å². The topological polar surface area (TPSA) is 157 Å². The number of thiazole rings is 1. The molecular weight excluding hydrogens is 610 g/mol. The molecule has 0 radical (unpaired) electrons. The van der Waals surface area contributed by atoms with Crippen LogP contribution in [-0.2, 0) is 17.5 Å². The van der Waals surface area contributed by atoms with Gasteiger partial charge >= 0.3 is 5.97 Å². The number of nitriles is 1. The number of pyridine rings is 1. The minimum Gasteiger partial charge on any atom is -0.491 e. The van der Waals surface area contributed by atoms with Gasteiger partial charge in [-0.05, 0) is 29.8 Å². The van der Waals surface area contributed by atoms with E-state index in [0.717, 1.165) is 16.3 Å². The van der Waals surface area contributed by atoms with Gasteiger partial charge in [0.25, 0.3) is 0 Å². The Bertz CT molecular complexity index is 1830. The third-order valence-electron chi connectivity index (χ3n) is 6.61. The molecular formula is C30H26ClN5O5S2. The van der Waals surface area contributed by atoms with E-state index >= 15 is 0 Å². The molecule has 3 heterocycles. The SMILES string of the molecule is COC(=O)c1c(N)c2c(-c3ccc(OC[C@@H](O)CO)cc3)c(C#N)c(SCc3csc(-c4ccc(Cl)cc4)n3)nc2n1C. The van der Waals surface area contributed by atoms with E-state index in [2.05, 4.69) is 6.07 Å². The van der Waals surface area contributed by atoms with Gasteiger partial charge in [0.15, 0.2) is 5.69 Å². The number of aliphatic hydroxyl groups is 2. The first kappa shape index (κ1) is 30.3. The maximum absolute atomic E-state index is 12.7. The summed E-state index contributed by atoms with van der Waals surface area (Å²) in [5.41, 5.74) is 10.4. The summed E-state index contributed by atoms with van der Waals surface area (Å²) in [7, 11) is 2.94. The van der Waals surface area contributed by atoms with E-state index < -0.39 is 18.7 Å². The fourth-order valence-corrected chi connectivity index (χ4v) is 6.43. The molecule has 0 fully saturated rings. The zero-order valence-electron chi connectivity index (χ0n) is 23.1. The van der Waals surface area contributed by atoms with Crippen LogP contribution in [0.1, 0.15) is 21.7 Å². The summed E-state index contributed by atoms with van der Waals surface area (Å²) < 4.78 is 12.1. The lowest BCUT2D eigenvalue weighted by Crippen LogP contribution is -2.21. The average Bonchev–Trinajstić information content (AvgIpc) is 3.60. The zero-order valence-corrected chi connectivity index (χ0v) is 25.5. The van der Waals surface area contributed by atoms with Crippen LogP contribution < -0.4 is 10.5 Å². The Balaban J connectivity index is 1.57. The second-order valence-electron chi connectivity index (χ2n) is 9.40. The van der Waals surface area contributed by atoms with Crippen molar-refractivity contribution >= 4 is 57.4 Å². The lowest BCUT2D eigenvalue weighted by molar-refractivity contribution is 0.0536. The van der Waals surface area contributed by atoms with Gasteiger partial charge in [0, 0.05) is 34.3 Å². The number of ether oxygens (including phenoxy) is 2. The van der Waals surface area contributed by atoms with Gasteiger partial charge in [0.05, 0.1) is 36.0 Å². The molecule has 3 aromatic heterocycles. The van der Waals surface area contributed by atoms with Gasteiger partial charge in [-0.3, -0.25) is 0 Å². The number of carbonyl (C=O) groups excluding carboxylic acids is 1. The van der Waals surface area contributed by atoms with Crippen molar-refractivity contribution in [3.05, 3.63) is 75.9 Å². The number of anilines is 1. The standard InChI is InChI=1S/C30H26ClN5O5S2/c1-36-26(30(39)40-2)25(33)24-23(16-5-9-21(10-6-16)41-13-20(38)12-37)22(11-32)29(35-27(24)36)43-15-19-14-42-28(34-19)17-3-7-18(31)8-4-17/h3-10,14,20,37-38H,12-13,15,33H2,1-2H3/t20-/m0/s1. The number of aromatic nitrogens is 3. The van der Waals surface area contributed by atoms with Gasteiger partial charge in [-0.25, -0.2) is 14.8 Å². The van der Waals surface area contributed by atoms with Crippen molar-refractivity contribution in [1.82, 2.24) is 14.5 Å². The smallest absolute Gasteiger partial charge is 0.356 e. The van der Waals surface area contributed by atoms with E-state index in [1.165, 1.54) is 30.2 Å². The molecule has 0 amide bonds. The molecule has 10 nitrogen and oxygen atoms in total. The molecule has 0 spiro atoms. The summed E-state index contributed by atoms with van der Waals surface area (Å²) in [6, 6.07) is 16.7. The van der Waals surface area contributed by atoms with E-state index in [-0.39, 0.29) is 18.0 Å². The predicted octanol–water partition coefficient (Wildman–Crippen LogP) is 5.28. The number of benzene rings is 2. The Morgan fingerprint density at radius 2 is 1.88 bits per heavy atom. The van der Waals surface area contributed by atoms with Crippen molar-refractivity contribution in [1.29, 1.82) is 5.26 Å². The maximum atomic E-state index is 12.7. The van der Waals surface area contributed by atoms with E-state index in [0.29, 0.717) is 49.3 Å². The number of carbonyl (C=O) groups is 1. The summed E-state index contributed by atoms with van der Waals surface area (Å²) in [4.78, 5) is 22.2. The molecule has 13 heteroatoms. The molecule has 0 saturated carbocycles. The number of esters is 1. The molecule has 43 heavy (non-hydrogen) atoms. The van der Waals surface area contributed by atoms with E-state index in [1.807, 2.05) is 29.6 Å². The average molecular weight is 636 g/mol. The van der Waals surface area contributed by atoms with Crippen LogP contribution >= 0.6 is 34.7 Å². The van der Waals surface area contributed by atoms with Crippen molar-refractivity contribution in [2.24, 2.45) is 7.05 Å². The van der Waals surface area contributed by atoms with Crippen LogP contribution in [-0.4, -0.2) is 57.1 Å². The molecule has 0 bridgehead atoms. The zero-order chi connectivity index (χ0) is 30.7. The number of halogens is 1. The minimum absolute atomic E-state index is 0.0793. The van der Waals surface area contributed by atoms with Crippen LogP contribution in [0.25, 0.3) is 32.7 Å². The van der Waals surface area contributed by atoms with Crippen LogP contribution in [0.4, 0.5) is 5.69 Å². The quantitative estimate of drug-likeness (QED) is 0.136. The number of thioether (sulfide) groups is 1. The van der Waals surface area contributed by atoms with Gasteiger partial charge in [-0.2, -0.15) is 5.26 Å². The van der Waals surface area contributed by atoms with Crippen molar-refractivity contribution in [2.75, 3.05) is 26.1 Å². The normalized spacial score (nSPS) is 11.8. The molecule has 1 atom stereocenters.